The number of amides is 1. The van der Waals surface area contributed by atoms with Crippen molar-refractivity contribution in [2.75, 3.05) is 61.5 Å². The highest BCUT2D eigenvalue weighted by Gasteiger charge is 2.25. The average molecular weight is 504 g/mol. The molecule has 12 heteroatoms. The molecule has 3 aromatic heterocycles. The van der Waals surface area contributed by atoms with Crippen LogP contribution in [0.2, 0.25) is 0 Å². The van der Waals surface area contributed by atoms with Crippen molar-refractivity contribution >= 4 is 29.2 Å². The molecule has 190 valence electrons. The first-order valence-electron chi connectivity index (χ1n) is 12.0. The van der Waals surface area contributed by atoms with Crippen molar-refractivity contribution in [3.05, 3.63) is 48.4 Å². The molecular weight excluding hydrogens is 477 g/mol. The number of carbonyl (C=O) groups is 1. The van der Waals surface area contributed by atoms with Gasteiger partial charge in [-0.25, -0.2) is 24.3 Å². The van der Waals surface area contributed by atoms with Gasteiger partial charge in [-0.1, -0.05) is 0 Å². The van der Waals surface area contributed by atoms with Crippen LogP contribution < -0.4 is 15.5 Å². The number of nitrogens with one attached hydrogen (secondary N) is 2. The first kappa shape index (κ1) is 24.5. The highest BCUT2D eigenvalue weighted by atomic mass is 19.1. The highest BCUT2D eigenvalue weighted by Crippen LogP contribution is 2.27. The third-order valence-electron chi connectivity index (χ3n) is 6.13. The van der Waals surface area contributed by atoms with Crippen LogP contribution in [0.4, 0.5) is 27.7 Å². The van der Waals surface area contributed by atoms with Crippen molar-refractivity contribution in [1.29, 1.82) is 5.26 Å². The van der Waals surface area contributed by atoms with Crippen LogP contribution in [0.15, 0.2) is 42.9 Å². The van der Waals surface area contributed by atoms with Gasteiger partial charge in [0, 0.05) is 37.6 Å². The number of halogens is 1. The molecule has 0 radical (unpaired) electrons. The molecule has 5 heterocycles. The number of ether oxygens (including phenoxy) is 1. The summed E-state index contributed by atoms with van der Waals surface area (Å²) in [6.45, 7) is 3.81. The van der Waals surface area contributed by atoms with Gasteiger partial charge < -0.3 is 20.3 Å². The maximum Gasteiger partial charge on any atom is 0.239 e. The summed E-state index contributed by atoms with van der Waals surface area (Å²) in [5, 5.41) is 15.5. The van der Waals surface area contributed by atoms with Crippen LogP contribution in [0.1, 0.15) is 12.0 Å². The fraction of sp³-hybridized carbons (Fsp3) is 0.360. The normalized spacial score (nSPS) is 17.8. The zero-order chi connectivity index (χ0) is 25.6. The molecular formula is C25H26FN9O2. The number of hydrogen-bond donors (Lipinski definition) is 2. The van der Waals surface area contributed by atoms with E-state index in [1.165, 1.54) is 0 Å². The van der Waals surface area contributed by atoms with Crippen molar-refractivity contribution in [3.63, 3.8) is 0 Å². The molecule has 11 nitrogen and oxygen atoms in total. The smallest absolute Gasteiger partial charge is 0.239 e. The lowest BCUT2D eigenvalue weighted by Crippen LogP contribution is -2.41. The number of rotatable bonds is 7. The third kappa shape index (κ3) is 6.14. The Hall–Kier alpha value is -4.21. The molecule has 0 aliphatic carbocycles. The van der Waals surface area contributed by atoms with Crippen molar-refractivity contribution in [3.8, 4) is 17.3 Å². The van der Waals surface area contributed by atoms with Gasteiger partial charge in [-0.05, 0) is 30.7 Å². The summed E-state index contributed by atoms with van der Waals surface area (Å²) in [5.41, 5.74) is 2.25. The van der Waals surface area contributed by atoms with E-state index >= 15 is 0 Å². The predicted octanol–water partition coefficient (Wildman–Crippen LogP) is 2.37. The van der Waals surface area contributed by atoms with Crippen molar-refractivity contribution in [1.82, 2.24) is 24.8 Å². The molecule has 3 aromatic rings. The number of alkyl halides is 1. The monoisotopic (exact) mass is 503 g/mol. The zero-order valence-corrected chi connectivity index (χ0v) is 20.1. The van der Waals surface area contributed by atoms with Gasteiger partial charge in [0.2, 0.25) is 11.9 Å². The zero-order valence-electron chi connectivity index (χ0n) is 20.1. The number of nitrogens with zero attached hydrogens (tertiary/aromatic N) is 7. The standard InChI is InChI=1S/C25H26FN9O2/c26-19-4-6-35(15-19)24-17(12-27)11-18(13-30-24)21-3-5-28-25(32-21)31-20-1-2-22(29-14-20)33-23(36)16-34-7-9-37-10-8-34/h1-3,5,11,13-14,19H,4,6-10,15-16H2,(H,28,31,32)(H,29,33,36). The fourth-order valence-corrected chi connectivity index (χ4v) is 4.24. The van der Waals surface area contributed by atoms with Gasteiger partial charge in [-0.2, -0.15) is 5.26 Å². The molecule has 1 unspecified atom stereocenters. The molecule has 2 aliphatic rings. The molecule has 2 fully saturated rings. The summed E-state index contributed by atoms with van der Waals surface area (Å²) < 4.78 is 18.9. The Balaban J connectivity index is 1.23. The van der Waals surface area contributed by atoms with Gasteiger partial charge in [0.15, 0.2) is 0 Å². The Kier molecular flexibility index (Phi) is 7.43. The van der Waals surface area contributed by atoms with E-state index in [2.05, 4.69) is 36.6 Å². The van der Waals surface area contributed by atoms with Gasteiger partial charge in [0.1, 0.15) is 23.9 Å². The van der Waals surface area contributed by atoms with Gasteiger partial charge in [0.05, 0.1) is 49.4 Å². The van der Waals surface area contributed by atoms with E-state index in [1.54, 1.807) is 47.8 Å². The van der Waals surface area contributed by atoms with Crippen LogP contribution in [-0.4, -0.2) is 82.9 Å². The number of aromatic nitrogens is 4. The summed E-state index contributed by atoms with van der Waals surface area (Å²) in [6.07, 6.45) is 4.35. The maximum atomic E-state index is 13.6. The van der Waals surface area contributed by atoms with E-state index in [9.17, 15) is 14.4 Å². The van der Waals surface area contributed by atoms with Gasteiger partial charge in [0.25, 0.3) is 0 Å². The molecule has 2 N–H and O–H groups in total. The second-order valence-electron chi connectivity index (χ2n) is 8.80. The summed E-state index contributed by atoms with van der Waals surface area (Å²) in [5.74, 6) is 1.15. The van der Waals surface area contributed by atoms with Crippen LogP contribution in [-0.2, 0) is 9.53 Å². The molecule has 1 amide bonds. The Bertz CT molecular complexity index is 1290. The first-order chi connectivity index (χ1) is 18.1. The molecule has 2 saturated heterocycles. The van der Waals surface area contributed by atoms with E-state index in [4.69, 9.17) is 4.74 Å². The van der Waals surface area contributed by atoms with E-state index < -0.39 is 6.17 Å². The van der Waals surface area contributed by atoms with Crippen molar-refractivity contribution in [2.24, 2.45) is 0 Å². The second kappa shape index (κ2) is 11.2. The lowest BCUT2D eigenvalue weighted by Gasteiger charge is -2.25. The largest absolute Gasteiger partial charge is 0.379 e. The molecule has 5 rings (SSSR count). The number of hydrogen-bond acceptors (Lipinski definition) is 10. The minimum absolute atomic E-state index is 0.128. The van der Waals surface area contributed by atoms with Crippen LogP contribution in [0, 0.1) is 11.3 Å². The van der Waals surface area contributed by atoms with Crippen LogP contribution >= 0.6 is 0 Å². The second-order valence-corrected chi connectivity index (χ2v) is 8.80. The highest BCUT2D eigenvalue weighted by molar-refractivity contribution is 5.91. The quantitative estimate of drug-likeness (QED) is 0.495. The van der Waals surface area contributed by atoms with Gasteiger partial charge in [-0.15, -0.1) is 0 Å². The summed E-state index contributed by atoms with van der Waals surface area (Å²) in [6, 6.07) is 9.06. The molecule has 1 atom stereocenters. The van der Waals surface area contributed by atoms with Gasteiger partial charge in [-0.3, -0.25) is 9.69 Å². The molecule has 0 bridgehead atoms. The van der Waals surface area contributed by atoms with Crippen LogP contribution in [0.5, 0.6) is 0 Å². The maximum absolute atomic E-state index is 13.6. The van der Waals surface area contributed by atoms with E-state index in [1.807, 2.05) is 4.90 Å². The number of carbonyl (C=O) groups excluding carboxylic acids is 1. The number of nitriles is 1. The summed E-state index contributed by atoms with van der Waals surface area (Å²) in [7, 11) is 0. The van der Waals surface area contributed by atoms with E-state index in [0.717, 1.165) is 13.1 Å². The summed E-state index contributed by atoms with van der Waals surface area (Å²) >= 11 is 0. The first-order valence-corrected chi connectivity index (χ1v) is 12.0. The van der Waals surface area contributed by atoms with E-state index in [-0.39, 0.29) is 12.5 Å². The van der Waals surface area contributed by atoms with Crippen LogP contribution in [0.3, 0.4) is 0 Å². The van der Waals surface area contributed by atoms with Gasteiger partial charge >= 0.3 is 0 Å². The number of anilines is 4. The lowest BCUT2D eigenvalue weighted by molar-refractivity contribution is -0.118. The minimum atomic E-state index is -0.904. The Labute approximate surface area is 213 Å². The third-order valence-corrected chi connectivity index (χ3v) is 6.13. The van der Waals surface area contributed by atoms with Crippen molar-refractivity contribution in [2.45, 2.75) is 12.6 Å². The fourth-order valence-electron chi connectivity index (χ4n) is 4.24. The predicted molar refractivity (Wildman–Crippen MR) is 135 cm³/mol. The summed E-state index contributed by atoms with van der Waals surface area (Å²) in [4.78, 5) is 33.6. The van der Waals surface area contributed by atoms with Crippen molar-refractivity contribution < 1.29 is 13.9 Å². The van der Waals surface area contributed by atoms with E-state index in [0.29, 0.717) is 72.8 Å². The molecule has 0 saturated carbocycles. The minimum Gasteiger partial charge on any atom is -0.379 e. The topological polar surface area (TPSA) is 132 Å². The molecule has 0 aromatic carbocycles. The van der Waals surface area contributed by atoms with Crippen LogP contribution in [0.25, 0.3) is 11.3 Å². The Morgan fingerprint density at radius 2 is 2.03 bits per heavy atom. The average Bonchev–Trinajstić information content (AvgIpc) is 3.36. The Morgan fingerprint density at radius 3 is 2.76 bits per heavy atom. The molecule has 37 heavy (non-hydrogen) atoms. The molecule has 0 spiro atoms. The molecule has 2 aliphatic heterocycles. The Morgan fingerprint density at radius 1 is 1.16 bits per heavy atom. The lowest BCUT2D eigenvalue weighted by atomic mass is 10.1. The number of pyridine rings is 2. The SMILES string of the molecule is N#Cc1cc(-c2ccnc(Nc3ccc(NC(=O)CN4CCOCC4)nc3)n2)cnc1N1CCC(F)C1. The number of morpholine rings is 1.